The van der Waals surface area contributed by atoms with Crippen LogP contribution in [-0.4, -0.2) is 0 Å². The van der Waals surface area contributed by atoms with Gasteiger partial charge in [0.1, 0.15) is 0 Å². The minimum atomic E-state index is 1.44. The molecule has 6 aromatic carbocycles. The van der Waals surface area contributed by atoms with Crippen molar-refractivity contribution in [2.45, 2.75) is 96.9 Å². The van der Waals surface area contributed by atoms with E-state index in [0.29, 0.717) is 0 Å². The van der Waals surface area contributed by atoms with E-state index in [1.165, 1.54) is 132 Å². The fourth-order valence-corrected chi connectivity index (χ4v) is 8.12. The smallest absolute Gasteiger partial charge is 0.000805 e. The van der Waals surface area contributed by atoms with Crippen LogP contribution < -0.4 is 0 Å². The maximum Gasteiger partial charge on any atom is -0.000805 e. The van der Waals surface area contributed by atoms with Gasteiger partial charge in [0.2, 0.25) is 0 Å². The summed E-state index contributed by atoms with van der Waals surface area (Å²) in [5.41, 5.74) is 20.2. The molecule has 0 fully saturated rings. The monoisotopic (exact) mass is 498 g/mol. The van der Waals surface area contributed by atoms with E-state index in [1.54, 1.807) is 0 Å². The molecule has 0 heterocycles. The van der Waals surface area contributed by atoms with E-state index in [2.05, 4.69) is 96.9 Å². The molecule has 0 saturated heterocycles. The van der Waals surface area contributed by atoms with Gasteiger partial charge in [0.25, 0.3) is 0 Å². The summed E-state index contributed by atoms with van der Waals surface area (Å²) >= 11 is 0. The summed E-state index contributed by atoms with van der Waals surface area (Å²) in [6, 6.07) is 0. The first kappa shape index (κ1) is 25.2. The van der Waals surface area contributed by atoms with Crippen LogP contribution in [0.4, 0.5) is 0 Å². The summed E-state index contributed by atoms with van der Waals surface area (Å²) in [5.74, 6) is 0. The Labute approximate surface area is 228 Å². The van der Waals surface area contributed by atoms with E-state index in [1.807, 2.05) is 0 Å². The van der Waals surface area contributed by atoms with Crippen LogP contribution in [0.15, 0.2) is 0 Å². The quantitative estimate of drug-likeness (QED) is 0.144. The van der Waals surface area contributed by atoms with Gasteiger partial charge in [-0.15, -0.1) is 0 Å². The lowest BCUT2D eigenvalue weighted by molar-refractivity contribution is 1.25. The average Bonchev–Trinajstić information content (AvgIpc) is 2.88. The van der Waals surface area contributed by atoms with E-state index >= 15 is 0 Å². The predicted molar refractivity (Wildman–Crippen MR) is 171 cm³/mol. The number of aryl methyl sites for hydroxylation is 9. The summed E-state index contributed by atoms with van der Waals surface area (Å²) in [6.45, 7) is 33.0. The van der Waals surface area contributed by atoms with Crippen LogP contribution in [0.2, 0.25) is 0 Å². The number of fused-ring (bicyclic) bond motifs is 4. The molecule has 0 unspecified atom stereocenters. The summed E-state index contributed by atoms with van der Waals surface area (Å²) in [5, 5.41) is 14.8. The zero-order chi connectivity index (χ0) is 27.9. The Kier molecular flexibility index (Phi) is 5.11. The lowest BCUT2D eigenvalue weighted by Gasteiger charge is -2.29. The van der Waals surface area contributed by atoms with Crippen LogP contribution in [0.5, 0.6) is 0 Å². The fourth-order valence-electron chi connectivity index (χ4n) is 8.12. The first-order valence-corrected chi connectivity index (χ1v) is 14.2. The highest BCUT2D eigenvalue weighted by Gasteiger charge is 2.28. The lowest BCUT2D eigenvalue weighted by atomic mass is 9.74. The molecule has 38 heavy (non-hydrogen) atoms. The van der Waals surface area contributed by atoms with Crippen LogP contribution in [0.25, 0.3) is 53.9 Å². The highest BCUT2D eigenvalue weighted by molar-refractivity contribution is 6.41. The van der Waals surface area contributed by atoms with Gasteiger partial charge in [-0.3, -0.25) is 0 Å². The summed E-state index contributed by atoms with van der Waals surface area (Å²) in [6.07, 6.45) is 0. The summed E-state index contributed by atoms with van der Waals surface area (Å²) < 4.78 is 0. The third-order valence-corrected chi connectivity index (χ3v) is 11.3. The van der Waals surface area contributed by atoms with Crippen LogP contribution in [0.3, 0.4) is 0 Å². The van der Waals surface area contributed by atoms with E-state index in [0.717, 1.165) is 0 Å². The molecule has 0 amide bonds. The van der Waals surface area contributed by atoms with Crippen LogP contribution in [0.1, 0.15) is 77.9 Å². The SMILES string of the molecule is Cc1c(C)c(C)c2c(c1C)c(C)c1c(C)c(C)c(C)c3c4c(C)c(C)c(C)c5c(C)c(C)c(C)c(c54)c2c13. The van der Waals surface area contributed by atoms with Gasteiger partial charge in [0, 0.05) is 0 Å². The molecule has 0 aromatic heterocycles. The highest BCUT2D eigenvalue weighted by Crippen LogP contribution is 2.53. The average molecular weight is 499 g/mol. The lowest BCUT2D eigenvalue weighted by Crippen LogP contribution is -2.05. The number of hydrogen-bond donors (Lipinski definition) is 0. The minimum absolute atomic E-state index is 1.44. The van der Waals surface area contributed by atoms with Crippen molar-refractivity contribution in [3.05, 3.63) is 77.9 Å². The second-order valence-electron chi connectivity index (χ2n) is 12.5. The van der Waals surface area contributed by atoms with Gasteiger partial charge < -0.3 is 0 Å². The molecule has 0 N–H and O–H groups in total. The van der Waals surface area contributed by atoms with Crippen LogP contribution >= 0.6 is 0 Å². The largest absolute Gasteiger partial charge is 0.0444 e. The van der Waals surface area contributed by atoms with Gasteiger partial charge in [-0.2, -0.15) is 0 Å². The Morgan fingerprint density at radius 2 is 0.289 bits per heavy atom. The standard InChI is InChI=1S/C38H42/c1-15-16(2)24(10)32-30(20(15)6)28(14)31-23(9)19(5)26(12)34-33-25(11)17(3)21(7)29-22(8)18(4)27(13)35(36(29)33)38(32)37(31)34/h1-14H3. The summed E-state index contributed by atoms with van der Waals surface area (Å²) in [7, 11) is 0. The molecule has 0 nitrogen and oxygen atoms in total. The molecule has 0 bridgehead atoms. The molecule has 194 valence electrons. The Morgan fingerprint density at radius 3 is 0.658 bits per heavy atom. The molecule has 0 aliphatic rings. The van der Waals surface area contributed by atoms with Crippen LogP contribution in [-0.2, 0) is 0 Å². The molecule has 0 aliphatic heterocycles. The molecular formula is C38H42. The van der Waals surface area contributed by atoms with Crippen molar-refractivity contribution >= 4 is 53.9 Å². The molecule has 0 atom stereocenters. The topological polar surface area (TPSA) is 0 Å². The van der Waals surface area contributed by atoms with Gasteiger partial charge in [-0.25, -0.2) is 0 Å². The van der Waals surface area contributed by atoms with Gasteiger partial charge in [-0.05, 0) is 229 Å². The number of rotatable bonds is 0. The van der Waals surface area contributed by atoms with E-state index in [9.17, 15) is 0 Å². The normalized spacial score (nSPS) is 12.5. The second kappa shape index (κ2) is 7.72. The molecule has 6 rings (SSSR count). The van der Waals surface area contributed by atoms with Gasteiger partial charge >= 0.3 is 0 Å². The maximum absolute atomic E-state index is 2.39. The van der Waals surface area contributed by atoms with Crippen LogP contribution in [0, 0.1) is 96.9 Å². The van der Waals surface area contributed by atoms with Crippen molar-refractivity contribution in [2.24, 2.45) is 0 Å². The van der Waals surface area contributed by atoms with E-state index < -0.39 is 0 Å². The minimum Gasteiger partial charge on any atom is -0.0444 e. The molecule has 6 aromatic rings. The zero-order valence-corrected chi connectivity index (χ0v) is 26.0. The second-order valence-corrected chi connectivity index (χ2v) is 12.5. The Hall–Kier alpha value is -3.12. The molecule has 0 radical (unpaired) electrons. The third-order valence-electron chi connectivity index (χ3n) is 11.3. The fraction of sp³-hybridized carbons (Fsp3) is 0.368. The third kappa shape index (κ3) is 2.62. The van der Waals surface area contributed by atoms with Crippen molar-refractivity contribution < 1.29 is 0 Å². The molecule has 0 heteroatoms. The molecule has 0 saturated carbocycles. The molecular weight excluding hydrogens is 456 g/mol. The zero-order valence-electron chi connectivity index (χ0n) is 26.0. The predicted octanol–water partition coefficient (Wildman–Crippen LogP) is 11.2. The highest BCUT2D eigenvalue weighted by atomic mass is 14.3. The first-order valence-electron chi connectivity index (χ1n) is 14.2. The van der Waals surface area contributed by atoms with E-state index in [-0.39, 0.29) is 0 Å². The number of hydrogen-bond acceptors (Lipinski definition) is 0. The molecule has 0 spiro atoms. The Balaban J connectivity index is 2.27. The van der Waals surface area contributed by atoms with Crippen molar-refractivity contribution in [3.63, 3.8) is 0 Å². The first-order chi connectivity index (χ1) is 17.7. The van der Waals surface area contributed by atoms with Gasteiger partial charge in [0.15, 0.2) is 0 Å². The van der Waals surface area contributed by atoms with Gasteiger partial charge in [-0.1, -0.05) is 0 Å². The number of benzene rings is 6. The van der Waals surface area contributed by atoms with Crippen molar-refractivity contribution in [1.29, 1.82) is 0 Å². The Bertz CT molecular complexity index is 2070. The summed E-state index contributed by atoms with van der Waals surface area (Å²) in [4.78, 5) is 0. The van der Waals surface area contributed by atoms with E-state index in [4.69, 9.17) is 0 Å². The van der Waals surface area contributed by atoms with Crippen molar-refractivity contribution in [3.8, 4) is 0 Å². The maximum atomic E-state index is 2.39. The van der Waals surface area contributed by atoms with Crippen molar-refractivity contribution in [1.82, 2.24) is 0 Å². The van der Waals surface area contributed by atoms with Gasteiger partial charge in [0.05, 0.1) is 0 Å². The molecule has 0 aliphatic carbocycles. The Morgan fingerprint density at radius 1 is 0.132 bits per heavy atom. The van der Waals surface area contributed by atoms with Crippen molar-refractivity contribution in [2.75, 3.05) is 0 Å².